The van der Waals surface area contributed by atoms with Crippen LogP contribution in [0.3, 0.4) is 0 Å². The second-order valence-corrected chi connectivity index (χ2v) is 4.20. The molecule has 0 fully saturated rings. The molecule has 0 aromatic carbocycles. The SMILES string of the molecule is COCC(C)(N)c1sccc1C. The van der Waals surface area contributed by atoms with Crippen molar-refractivity contribution < 1.29 is 4.74 Å². The van der Waals surface area contributed by atoms with E-state index in [1.807, 2.05) is 6.92 Å². The van der Waals surface area contributed by atoms with Gasteiger partial charge in [-0.25, -0.2) is 0 Å². The van der Waals surface area contributed by atoms with Crippen molar-refractivity contribution >= 4 is 11.3 Å². The molecule has 2 N–H and O–H groups in total. The molecular formula is C9H15NOS. The van der Waals surface area contributed by atoms with Crippen LogP contribution in [0.25, 0.3) is 0 Å². The van der Waals surface area contributed by atoms with E-state index >= 15 is 0 Å². The van der Waals surface area contributed by atoms with Crippen LogP contribution in [0.1, 0.15) is 17.4 Å². The maximum absolute atomic E-state index is 6.08. The second-order valence-electron chi connectivity index (χ2n) is 3.28. The van der Waals surface area contributed by atoms with Crippen LogP contribution in [0.5, 0.6) is 0 Å². The van der Waals surface area contributed by atoms with Crippen molar-refractivity contribution in [3.05, 3.63) is 21.9 Å². The number of aryl methyl sites for hydroxylation is 1. The van der Waals surface area contributed by atoms with Gasteiger partial charge in [0.2, 0.25) is 0 Å². The molecule has 0 saturated carbocycles. The number of hydrogen-bond donors (Lipinski definition) is 1. The van der Waals surface area contributed by atoms with E-state index in [0.717, 1.165) is 0 Å². The van der Waals surface area contributed by atoms with Gasteiger partial charge in [0.15, 0.2) is 0 Å². The van der Waals surface area contributed by atoms with Crippen LogP contribution < -0.4 is 5.73 Å². The molecule has 1 heterocycles. The molecular weight excluding hydrogens is 170 g/mol. The Balaban J connectivity index is 2.88. The van der Waals surface area contributed by atoms with Gasteiger partial charge in [-0.1, -0.05) is 0 Å². The van der Waals surface area contributed by atoms with E-state index in [9.17, 15) is 0 Å². The summed E-state index contributed by atoms with van der Waals surface area (Å²) in [7, 11) is 1.67. The molecule has 1 rings (SSSR count). The van der Waals surface area contributed by atoms with Crippen molar-refractivity contribution in [2.45, 2.75) is 19.4 Å². The normalized spacial score (nSPS) is 16.0. The lowest BCUT2D eigenvalue weighted by Crippen LogP contribution is -2.37. The zero-order valence-corrected chi connectivity index (χ0v) is 8.57. The summed E-state index contributed by atoms with van der Waals surface area (Å²) in [4.78, 5) is 1.21. The zero-order chi connectivity index (χ0) is 9.19. The standard InChI is InChI=1S/C9H15NOS/c1-7-4-5-12-8(7)9(2,10)6-11-3/h4-5H,6,10H2,1-3H3. The molecule has 1 unspecified atom stereocenters. The van der Waals surface area contributed by atoms with E-state index in [-0.39, 0.29) is 5.54 Å². The molecule has 0 aliphatic rings. The van der Waals surface area contributed by atoms with Gasteiger partial charge in [0.1, 0.15) is 0 Å². The Labute approximate surface area is 77.3 Å². The summed E-state index contributed by atoms with van der Waals surface area (Å²) in [6, 6.07) is 2.08. The Morgan fingerprint density at radius 2 is 2.33 bits per heavy atom. The van der Waals surface area contributed by atoms with E-state index < -0.39 is 0 Å². The molecule has 0 spiro atoms. The highest BCUT2D eigenvalue weighted by molar-refractivity contribution is 7.10. The number of methoxy groups -OCH3 is 1. The fourth-order valence-corrected chi connectivity index (χ4v) is 2.31. The minimum Gasteiger partial charge on any atom is -0.382 e. The van der Waals surface area contributed by atoms with Crippen molar-refractivity contribution in [3.63, 3.8) is 0 Å². The van der Waals surface area contributed by atoms with Crippen molar-refractivity contribution in [1.29, 1.82) is 0 Å². The van der Waals surface area contributed by atoms with Gasteiger partial charge >= 0.3 is 0 Å². The van der Waals surface area contributed by atoms with Crippen molar-refractivity contribution in [1.82, 2.24) is 0 Å². The van der Waals surface area contributed by atoms with Crippen molar-refractivity contribution in [2.75, 3.05) is 13.7 Å². The lowest BCUT2D eigenvalue weighted by Gasteiger charge is -2.23. The van der Waals surface area contributed by atoms with Gasteiger partial charge in [-0.2, -0.15) is 0 Å². The lowest BCUT2D eigenvalue weighted by atomic mass is 10.0. The van der Waals surface area contributed by atoms with Crippen LogP contribution in [0, 0.1) is 6.92 Å². The van der Waals surface area contributed by atoms with Gasteiger partial charge in [-0.15, -0.1) is 11.3 Å². The molecule has 12 heavy (non-hydrogen) atoms. The number of hydrogen-bond acceptors (Lipinski definition) is 3. The van der Waals surface area contributed by atoms with Crippen molar-refractivity contribution in [3.8, 4) is 0 Å². The molecule has 1 atom stereocenters. The minimum atomic E-state index is -0.340. The van der Waals surface area contributed by atoms with E-state index in [1.165, 1.54) is 10.4 Å². The fourth-order valence-electron chi connectivity index (χ4n) is 1.32. The molecule has 2 nitrogen and oxygen atoms in total. The van der Waals surface area contributed by atoms with Crippen LogP contribution in [-0.4, -0.2) is 13.7 Å². The molecule has 0 aliphatic carbocycles. The summed E-state index contributed by atoms with van der Waals surface area (Å²) in [6.45, 7) is 4.64. The largest absolute Gasteiger partial charge is 0.382 e. The molecule has 0 saturated heterocycles. The lowest BCUT2D eigenvalue weighted by molar-refractivity contribution is 0.142. The van der Waals surface area contributed by atoms with Crippen LogP contribution in [-0.2, 0) is 10.3 Å². The van der Waals surface area contributed by atoms with Gasteiger partial charge in [-0.3, -0.25) is 0 Å². The predicted molar refractivity (Wildman–Crippen MR) is 52.5 cm³/mol. The van der Waals surface area contributed by atoms with Gasteiger partial charge in [0, 0.05) is 12.0 Å². The first-order valence-electron chi connectivity index (χ1n) is 3.90. The Morgan fingerprint density at radius 3 is 2.75 bits per heavy atom. The number of ether oxygens (including phenoxy) is 1. The fraction of sp³-hybridized carbons (Fsp3) is 0.556. The number of rotatable bonds is 3. The third-order valence-corrected chi connectivity index (χ3v) is 3.12. The maximum atomic E-state index is 6.08. The number of thiophene rings is 1. The third kappa shape index (κ3) is 1.86. The molecule has 0 amide bonds. The van der Waals surface area contributed by atoms with Gasteiger partial charge in [0.05, 0.1) is 12.1 Å². The Hall–Kier alpha value is -0.380. The molecule has 1 aromatic rings. The van der Waals surface area contributed by atoms with Crippen LogP contribution in [0.4, 0.5) is 0 Å². The number of nitrogens with two attached hydrogens (primary N) is 1. The summed E-state index contributed by atoms with van der Waals surface area (Å²) in [5.74, 6) is 0. The average Bonchev–Trinajstić information content (AvgIpc) is 2.35. The van der Waals surface area contributed by atoms with Crippen LogP contribution in [0.2, 0.25) is 0 Å². The van der Waals surface area contributed by atoms with E-state index in [4.69, 9.17) is 10.5 Å². The van der Waals surface area contributed by atoms with Gasteiger partial charge in [-0.05, 0) is 30.9 Å². The third-order valence-electron chi connectivity index (χ3n) is 1.82. The molecule has 68 valence electrons. The van der Waals surface area contributed by atoms with E-state index in [2.05, 4.69) is 18.4 Å². The van der Waals surface area contributed by atoms with E-state index in [1.54, 1.807) is 18.4 Å². The van der Waals surface area contributed by atoms with E-state index in [0.29, 0.717) is 6.61 Å². The zero-order valence-electron chi connectivity index (χ0n) is 7.76. The summed E-state index contributed by atoms with van der Waals surface area (Å²) < 4.78 is 5.07. The van der Waals surface area contributed by atoms with Gasteiger partial charge < -0.3 is 10.5 Å². The average molecular weight is 185 g/mol. The smallest absolute Gasteiger partial charge is 0.0714 e. The molecule has 0 aliphatic heterocycles. The van der Waals surface area contributed by atoms with Crippen molar-refractivity contribution in [2.24, 2.45) is 5.73 Å². The maximum Gasteiger partial charge on any atom is 0.0714 e. The minimum absolute atomic E-state index is 0.340. The second kappa shape index (κ2) is 3.56. The summed E-state index contributed by atoms with van der Waals surface area (Å²) in [5.41, 5.74) is 6.99. The highest BCUT2D eigenvalue weighted by atomic mass is 32.1. The van der Waals surface area contributed by atoms with Gasteiger partial charge in [0.25, 0.3) is 0 Å². The Morgan fingerprint density at radius 1 is 1.67 bits per heavy atom. The summed E-state index contributed by atoms with van der Waals surface area (Å²) in [6.07, 6.45) is 0. The topological polar surface area (TPSA) is 35.2 Å². The van der Waals surface area contributed by atoms with Crippen LogP contribution in [0.15, 0.2) is 11.4 Å². The highest BCUT2D eigenvalue weighted by Crippen LogP contribution is 2.26. The highest BCUT2D eigenvalue weighted by Gasteiger charge is 2.23. The molecule has 0 bridgehead atoms. The first kappa shape index (κ1) is 9.71. The Kier molecular flexibility index (Phi) is 2.88. The quantitative estimate of drug-likeness (QED) is 0.780. The Bertz CT molecular complexity index is 255. The monoisotopic (exact) mass is 185 g/mol. The predicted octanol–water partition coefficient (Wildman–Crippen LogP) is 1.88. The summed E-state index contributed by atoms with van der Waals surface area (Å²) in [5, 5.41) is 2.06. The summed E-state index contributed by atoms with van der Waals surface area (Å²) >= 11 is 1.69. The first-order chi connectivity index (χ1) is 5.58. The first-order valence-corrected chi connectivity index (χ1v) is 4.78. The van der Waals surface area contributed by atoms with Crippen LogP contribution >= 0.6 is 11.3 Å². The molecule has 1 aromatic heterocycles. The molecule has 0 radical (unpaired) electrons. The molecule has 3 heteroatoms.